The van der Waals surface area contributed by atoms with Gasteiger partial charge in [0, 0.05) is 24.4 Å². The van der Waals surface area contributed by atoms with E-state index >= 15 is 0 Å². The van der Waals surface area contributed by atoms with Crippen molar-refractivity contribution in [1.29, 1.82) is 0 Å². The van der Waals surface area contributed by atoms with E-state index in [-0.39, 0.29) is 30.3 Å². The molecule has 0 unspecified atom stereocenters. The van der Waals surface area contributed by atoms with Crippen LogP contribution >= 0.6 is 0 Å². The van der Waals surface area contributed by atoms with Gasteiger partial charge in [-0.25, -0.2) is 13.8 Å². The van der Waals surface area contributed by atoms with Crippen molar-refractivity contribution in [3.63, 3.8) is 0 Å². The van der Waals surface area contributed by atoms with Crippen LogP contribution in [0, 0.1) is 11.6 Å². The maximum absolute atomic E-state index is 13.6. The number of aromatic nitrogens is 1. The molecule has 0 aliphatic heterocycles. The fourth-order valence-electron chi connectivity index (χ4n) is 2.45. The minimum absolute atomic E-state index is 0.0763. The third kappa shape index (κ3) is 5.58. The molecule has 2 amide bonds. The molecule has 0 aliphatic carbocycles. The lowest BCUT2D eigenvalue weighted by atomic mass is 10.2. The summed E-state index contributed by atoms with van der Waals surface area (Å²) in [7, 11) is 0. The highest BCUT2D eigenvalue weighted by Crippen LogP contribution is 2.23. The molecule has 6 nitrogen and oxygen atoms in total. The minimum atomic E-state index is -0.685. The van der Waals surface area contributed by atoms with Crippen LogP contribution < -0.4 is 15.4 Å². The largest absolute Gasteiger partial charge is 0.439 e. The lowest BCUT2D eigenvalue weighted by molar-refractivity contribution is -0.120. The predicted molar refractivity (Wildman–Crippen MR) is 101 cm³/mol. The number of benzene rings is 2. The number of hydrogen-bond donors (Lipinski definition) is 2. The second kappa shape index (κ2) is 9.41. The van der Waals surface area contributed by atoms with E-state index in [0.717, 1.165) is 6.07 Å². The highest BCUT2D eigenvalue weighted by Gasteiger charge is 2.13. The molecular formula is C21H17F2N3O3. The van der Waals surface area contributed by atoms with Crippen molar-refractivity contribution in [3.8, 4) is 11.6 Å². The number of hydrogen-bond acceptors (Lipinski definition) is 4. The van der Waals surface area contributed by atoms with Crippen LogP contribution in [0.15, 0.2) is 66.9 Å². The van der Waals surface area contributed by atoms with Gasteiger partial charge in [-0.05, 0) is 30.3 Å². The molecule has 1 heterocycles. The second-order valence-electron chi connectivity index (χ2n) is 5.97. The number of halogens is 2. The molecule has 0 fully saturated rings. The van der Waals surface area contributed by atoms with Crippen molar-refractivity contribution >= 4 is 11.8 Å². The van der Waals surface area contributed by atoms with Crippen LogP contribution in [-0.4, -0.2) is 23.3 Å². The van der Waals surface area contributed by atoms with Gasteiger partial charge in [-0.15, -0.1) is 0 Å². The molecule has 0 radical (unpaired) electrons. The number of ether oxygens (including phenoxy) is 1. The maximum Gasteiger partial charge on any atom is 0.254 e. The number of carbonyl (C=O) groups is 2. The second-order valence-corrected chi connectivity index (χ2v) is 5.97. The molecule has 0 spiro atoms. The molecule has 0 saturated heterocycles. The van der Waals surface area contributed by atoms with Gasteiger partial charge in [0.15, 0.2) is 0 Å². The van der Waals surface area contributed by atoms with E-state index in [1.807, 2.05) is 0 Å². The fraction of sp³-hybridized carbons (Fsp3) is 0.0952. The molecular weight excluding hydrogens is 380 g/mol. The molecule has 0 saturated carbocycles. The summed E-state index contributed by atoms with van der Waals surface area (Å²) in [6.07, 6.45) is 1.51. The Morgan fingerprint density at radius 2 is 1.79 bits per heavy atom. The zero-order valence-corrected chi connectivity index (χ0v) is 15.2. The van der Waals surface area contributed by atoms with Crippen LogP contribution in [0.2, 0.25) is 0 Å². The summed E-state index contributed by atoms with van der Waals surface area (Å²) in [4.78, 5) is 28.1. The van der Waals surface area contributed by atoms with Gasteiger partial charge < -0.3 is 15.4 Å². The van der Waals surface area contributed by atoms with E-state index in [0.29, 0.717) is 5.56 Å². The predicted octanol–water partition coefficient (Wildman–Crippen LogP) is 3.20. The Kier molecular flexibility index (Phi) is 6.47. The van der Waals surface area contributed by atoms with Crippen LogP contribution in [-0.2, 0) is 11.3 Å². The van der Waals surface area contributed by atoms with Gasteiger partial charge in [-0.2, -0.15) is 0 Å². The van der Waals surface area contributed by atoms with Crippen LogP contribution in [0.5, 0.6) is 11.6 Å². The molecule has 0 bridgehead atoms. The number of rotatable bonds is 7. The molecule has 2 aromatic carbocycles. The normalized spacial score (nSPS) is 10.3. The maximum atomic E-state index is 13.6. The topological polar surface area (TPSA) is 80.3 Å². The van der Waals surface area contributed by atoms with E-state index in [1.165, 1.54) is 42.6 Å². The van der Waals surface area contributed by atoms with Gasteiger partial charge in [0.05, 0.1) is 12.1 Å². The first-order valence-corrected chi connectivity index (χ1v) is 8.69. The molecule has 0 aliphatic rings. The Labute approximate surface area is 165 Å². The van der Waals surface area contributed by atoms with Gasteiger partial charge in [-0.3, -0.25) is 9.59 Å². The first-order valence-electron chi connectivity index (χ1n) is 8.69. The van der Waals surface area contributed by atoms with Gasteiger partial charge in [0.2, 0.25) is 11.8 Å². The average molecular weight is 397 g/mol. The summed E-state index contributed by atoms with van der Waals surface area (Å²) in [5.41, 5.74) is 0.420. The Bertz CT molecular complexity index is 1030. The average Bonchev–Trinajstić information content (AvgIpc) is 2.72. The third-order valence-electron chi connectivity index (χ3n) is 3.86. The van der Waals surface area contributed by atoms with Crippen molar-refractivity contribution in [1.82, 2.24) is 15.6 Å². The lowest BCUT2D eigenvalue weighted by Crippen LogP contribution is -2.37. The van der Waals surface area contributed by atoms with Crippen LogP contribution in [0.1, 0.15) is 15.9 Å². The molecule has 8 heteroatoms. The molecule has 148 valence electrons. The van der Waals surface area contributed by atoms with Crippen molar-refractivity contribution in [2.24, 2.45) is 0 Å². The molecule has 29 heavy (non-hydrogen) atoms. The highest BCUT2D eigenvalue weighted by molar-refractivity contribution is 5.96. The number of amides is 2. The van der Waals surface area contributed by atoms with Crippen LogP contribution in [0.4, 0.5) is 8.78 Å². The van der Waals surface area contributed by atoms with E-state index in [9.17, 15) is 18.4 Å². The van der Waals surface area contributed by atoms with Crippen molar-refractivity contribution < 1.29 is 23.1 Å². The van der Waals surface area contributed by atoms with Crippen molar-refractivity contribution in [2.75, 3.05) is 6.54 Å². The summed E-state index contributed by atoms with van der Waals surface area (Å²) in [5.74, 6) is -1.79. The molecule has 1 aromatic heterocycles. The van der Waals surface area contributed by atoms with E-state index in [4.69, 9.17) is 4.74 Å². The Balaban J connectivity index is 1.55. The van der Waals surface area contributed by atoms with E-state index in [2.05, 4.69) is 15.6 Å². The minimum Gasteiger partial charge on any atom is -0.439 e. The lowest BCUT2D eigenvalue weighted by Gasteiger charge is -2.11. The zero-order valence-electron chi connectivity index (χ0n) is 15.2. The molecule has 0 atom stereocenters. The third-order valence-corrected chi connectivity index (χ3v) is 3.86. The van der Waals surface area contributed by atoms with E-state index in [1.54, 1.807) is 18.2 Å². The fourth-order valence-corrected chi connectivity index (χ4v) is 2.45. The Morgan fingerprint density at radius 1 is 0.966 bits per heavy atom. The molecule has 3 aromatic rings. The van der Waals surface area contributed by atoms with Gasteiger partial charge in [0.1, 0.15) is 17.4 Å². The van der Waals surface area contributed by atoms with Gasteiger partial charge in [-0.1, -0.05) is 24.3 Å². The standard InChI is InChI=1S/C21H17F2N3O3/c22-15-6-3-7-16(11-15)29-21-14(5-4-10-24-21)12-25-19(27)13-26-20(28)17-8-1-2-9-18(17)23/h1-11H,12-13H2,(H,25,27)(H,26,28). The monoisotopic (exact) mass is 397 g/mol. The highest BCUT2D eigenvalue weighted by atomic mass is 19.1. The summed E-state index contributed by atoms with van der Waals surface area (Å²) in [6.45, 7) is -0.250. The van der Waals surface area contributed by atoms with Crippen LogP contribution in [0.25, 0.3) is 0 Å². The SMILES string of the molecule is O=C(CNC(=O)c1ccccc1F)NCc1cccnc1Oc1cccc(F)c1. The van der Waals surface area contributed by atoms with E-state index < -0.39 is 23.4 Å². The summed E-state index contributed by atoms with van der Waals surface area (Å²) >= 11 is 0. The number of nitrogens with zero attached hydrogens (tertiary/aromatic N) is 1. The van der Waals surface area contributed by atoms with Crippen molar-refractivity contribution in [3.05, 3.63) is 89.6 Å². The number of pyridine rings is 1. The molecule has 2 N–H and O–H groups in total. The molecule has 3 rings (SSSR count). The van der Waals surface area contributed by atoms with Gasteiger partial charge in [0.25, 0.3) is 5.91 Å². The smallest absolute Gasteiger partial charge is 0.254 e. The Hall–Kier alpha value is -3.81. The van der Waals surface area contributed by atoms with Crippen molar-refractivity contribution in [2.45, 2.75) is 6.54 Å². The quantitative estimate of drug-likeness (QED) is 0.642. The summed E-state index contributed by atoms with van der Waals surface area (Å²) < 4.78 is 32.5. The number of carbonyl (C=O) groups excluding carboxylic acids is 2. The van der Waals surface area contributed by atoms with Crippen LogP contribution in [0.3, 0.4) is 0 Å². The van der Waals surface area contributed by atoms with Gasteiger partial charge >= 0.3 is 0 Å². The first-order chi connectivity index (χ1) is 14.0. The summed E-state index contributed by atoms with van der Waals surface area (Å²) in [6, 6.07) is 14.4. The first kappa shape index (κ1) is 19.9. The number of nitrogens with one attached hydrogen (secondary N) is 2. The Morgan fingerprint density at radius 3 is 2.59 bits per heavy atom. The zero-order chi connectivity index (χ0) is 20.6. The summed E-state index contributed by atoms with van der Waals surface area (Å²) in [5, 5.41) is 4.97.